The highest BCUT2D eigenvalue weighted by molar-refractivity contribution is 5.90. The average Bonchev–Trinajstić information content (AvgIpc) is 2.72. The molecule has 0 aliphatic rings. The summed E-state index contributed by atoms with van der Waals surface area (Å²) in [5.41, 5.74) is 1.92. The van der Waals surface area contributed by atoms with Crippen molar-refractivity contribution in [1.29, 1.82) is 0 Å². The number of aliphatic hydroxyl groups is 1. The zero-order chi connectivity index (χ0) is 12.4. The maximum Gasteiger partial charge on any atom is 0.136 e. The quantitative estimate of drug-likeness (QED) is 0.882. The fourth-order valence-corrected chi connectivity index (χ4v) is 2.20. The number of benzene rings is 1. The minimum absolute atomic E-state index is 0.107. The minimum Gasteiger partial charge on any atom is -0.462 e. The van der Waals surface area contributed by atoms with E-state index in [1.807, 2.05) is 31.3 Å². The van der Waals surface area contributed by atoms with Crippen LogP contribution in [-0.2, 0) is 0 Å². The summed E-state index contributed by atoms with van der Waals surface area (Å²) in [7, 11) is 2.00. The zero-order valence-corrected chi connectivity index (χ0v) is 10.6. The molecule has 0 saturated carbocycles. The number of hydrogen-bond donors (Lipinski definition) is 1. The molecule has 0 saturated heterocycles. The van der Waals surface area contributed by atoms with E-state index in [1.165, 1.54) is 0 Å². The lowest BCUT2D eigenvalue weighted by atomic mass is 10.0. The third-order valence-electron chi connectivity index (χ3n) is 3.29. The molecule has 1 atom stereocenters. The Bertz CT molecular complexity index is 490. The number of fused-ring (bicyclic) bond motifs is 1. The monoisotopic (exact) mass is 233 g/mol. The van der Waals surface area contributed by atoms with Gasteiger partial charge in [-0.05, 0) is 18.1 Å². The summed E-state index contributed by atoms with van der Waals surface area (Å²) in [4.78, 5) is 2.09. The first-order valence-electron chi connectivity index (χ1n) is 5.95. The first-order chi connectivity index (χ1) is 8.15. The third-order valence-corrected chi connectivity index (χ3v) is 3.29. The van der Waals surface area contributed by atoms with E-state index in [2.05, 4.69) is 18.7 Å². The van der Waals surface area contributed by atoms with Crippen LogP contribution in [-0.4, -0.2) is 24.8 Å². The second-order valence-electron chi connectivity index (χ2n) is 4.72. The topological polar surface area (TPSA) is 36.6 Å². The Labute approximate surface area is 102 Å². The van der Waals surface area contributed by atoms with E-state index in [0.717, 1.165) is 16.7 Å². The fraction of sp³-hybridized carbons (Fsp3) is 0.429. The Balaban J connectivity index is 2.39. The lowest BCUT2D eigenvalue weighted by Gasteiger charge is -2.30. The summed E-state index contributed by atoms with van der Waals surface area (Å²) in [5, 5.41) is 10.6. The van der Waals surface area contributed by atoms with Gasteiger partial charge in [-0.3, -0.25) is 0 Å². The molecular formula is C14H19NO2. The van der Waals surface area contributed by atoms with E-state index in [1.54, 1.807) is 6.26 Å². The number of nitrogens with zero attached hydrogens (tertiary/aromatic N) is 1. The summed E-state index contributed by atoms with van der Waals surface area (Å²) >= 11 is 0. The molecule has 0 fully saturated rings. The molecule has 1 aromatic carbocycles. The second-order valence-corrected chi connectivity index (χ2v) is 4.72. The Kier molecular flexibility index (Phi) is 3.38. The minimum atomic E-state index is 0.107. The Morgan fingerprint density at radius 3 is 2.65 bits per heavy atom. The lowest BCUT2D eigenvalue weighted by Crippen LogP contribution is -2.38. The van der Waals surface area contributed by atoms with Gasteiger partial charge in [0.25, 0.3) is 0 Å². The summed E-state index contributed by atoms with van der Waals surface area (Å²) in [6.07, 6.45) is 1.76. The molecule has 1 aromatic heterocycles. The van der Waals surface area contributed by atoms with Crippen LogP contribution in [0, 0.1) is 5.92 Å². The van der Waals surface area contributed by atoms with Crippen molar-refractivity contribution in [3.8, 4) is 0 Å². The van der Waals surface area contributed by atoms with Crippen LogP contribution in [0.15, 0.2) is 34.9 Å². The van der Waals surface area contributed by atoms with Gasteiger partial charge in [0, 0.05) is 12.4 Å². The Morgan fingerprint density at radius 2 is 2.00 bits per heavy atom. The van der Waals surface area contributed by atoms with Crippen LogP contribution in [0.1, 0.15) is 13.8 Å². The molecule has 1 unspecified atom stereocenters. The van der Waals surface area contributed by atoms with Gasteiger partial charge in [-0.1, -0.05) is 26.0 Å². The summed E-state index contributed by atoms with van der Waals surface area (Å²) < 4.78 is 5.52. The van der Waals surface area contributed by atoms with Gasteiger partial charge in [0.05, 0.1) is 18.3 Å². The van der Waals surface area contributed by atoms with Crippen molar-refractivity contribution < 1.29 is 9.52 Å². The van der Waals surface area contributed by atoms with Crippen molar-refractivity contribution in [3.05, 3.63) is 30.5 Å². The third kappa shape index (κ3) is 2.15. The summed E-state index contributed by atoms with van der Waals surface area (Å²) in [6.45, 7) is 4.37. The van der Waals surface area contributed by atoms with Crippen molar-refractivity contribution in [2.45, 2.75) is 19.9 Å². The standard InChI is InChI=1S/C14H19NO2/c1-10(2)12(8-16)15(3)13-9-17-14-7-5-4-6-11(13)14/h4-7,9-10,12,16H,8H2,1-3H3. The van der Waals surface area contributed by atoms with Crippen LogP contribution in [0.25, 0.3) is 11.0 Å². The largest absolute Gasteiger partial charge is 0.462 e. The predicted molar refractivity (Wildman–Crippen MR) is 70.3 cm³/mol. The molecule has 3 heteroatoms. The molecular weight excluding hydrogens is 214 g/mol. The van der Waals surface area contributed by atoms with Gasteiger partial charge >= 0.3 is 0 Å². The molecule has 17 heavy (non-hydrogen) atoms. The highest BCUT2D eigenvalue weighted by Gasteiger charge is 2.20. The van der Waals surface area contributed by atoms with E-state index in [0.29, 0.717) is 5.92 Å². The molecule has 0 aliphatic heterocycles. The van der Waals surface area contributed by atoms with Gasteiger partial charge in [-0.2, -0.15) is 0 Å². The van der Waals surface area contributed by atoms with Gasteiger partial charge in [0.15, 0.2) is 0 Å². The molecule has 3 nitrogen and oxygen atoms in total. The smallest absolute Gasteiger partial charge is 0.136 e. The first-order valence-corrected chi connectivity index (χ1v) is 5.95. The number of hydrogen-bond acceptors (Lipinski definition) is 3. The van der Waals surface area contributed by atoms with Crippen molar-refractivity contribution in [1.82, 2.24) is 0 Å². The van der Waals surface area contributed by atoms with Crippen molar-refractivity contribution in [2.24, 2.45) is 5.92 Å². The SMILES string of the molecule is CC(C)C(CO)N(C)c1coc2ccccc12. The van der Waals surface area contributed by atoms with Gasteiger partial charge in [-0.15, -0.1) is 0 Å². The molecule has 0 amide bonds. The summed E-state index contributed by atoms with van der Waals surface area (Å²) in [5.74, 6) is 0.388. The van der Waals surface area contributed by atoms with Gasteiger partial charge in [0.2, 0.25) is 0 Å². The second kappa shape index (κ2) is 4.80. The number of likely N-dealkylation sites (N-methyl/N-ethyl adjacent to an activating group) is 1. The molecule has 1 N–H and O–H groups in total. The normalized spacial score (nSPS) is 13.2. The first kappa shape index (κ1) is 12.0. The van der Waals surface area contributed by atoms with Crippen molar-refractivity contribution in [2.75, 3.05) is 18.6 Å². The maximum absolute atomic E-state index is 9.47. The molecule has 0 aliphatic carbocycles. The fourth-order valence-electron chi connectivity index (χ4n) is 2.20. The molecule has 0 radical (unpaired) electrons. The van der Waals surface area contributed by atoms with Crippen LogP contribution in [0.5, 0.6) is 0 Å². The average molecular weight is 233 g/mol. The number of aliphatic hydroxyl groups excluding tert-OH is 1. The van der Waals surface area contributed by atoms with Crippen LogP contribution in [0.3, 0.4) is 0 Å². The highest BCUT2D eigenvalue weighted by Crippen LogP contribution is 2.30. The molecule has 2 aromatic rings. The van der Waals surface area contributed by atoms with Gasteiger partial charge in [0.1, 0.15) is 11.8 Å². The van der Waals surface area contributed by atoms with Crippen LogP contribution < -0.4 is 4.90 Å². The van der Waals surface area contributed by atoms with E-state index in [4.69, 9.17) is 4.42 Å². The van der Waals surface area contributed by atoms with E-state index >= 15 is 0 Å². The lowest BCUT2D eigenvalue weighted by molar-refractivity contribution is 0.234. The van der Waals surface area contributed by atoms with Crippen molar-refractivity contribution >= 4 is 16.7 Å². The molecule has 2 rings (SSSR count). The Hall–Kier alpha value is -1.48. The zero-order valence-electron chi connectivity index (χ0n) is 10.6. The van der Waals surface area contributed by atoms with Gasteiger partial charge in [-0.25, -0.2) is 0 Å². The van der Waals surface area contributed by atoms with Crippen molar-refractivity contribution in [3.63, 3.8) is 0 Å². The maximum atomic E-state index is 9.47. The number of furan rings is 1. The van der Waals surface area contributed by atoms with Crippen LogP contribution >= 0.6 is 0 Å². The van der Waals surface area contributed by atoms with E-state index in [-0.39, 0.29) is 12.6 Å². The number of rotatable bonds is 4. The predicted octanol–water partition coefficient (Wildman–Crippen LogP) is 2.89. The number of para-hydroxylation sites is 1. The molecule has 1 heterocycles. The van der Waals surface area contributed by atoms with Crippen LogP contribution in [0.4, 0.5) is 5.69 Å². The number of anilines is 1. The summed E-state index contributed by atoms with van der Waals surface area (Å²) in [6, 6.07) is 8.06. The Morgan fingerprint density at radius 1 is 1.29 bits per heavy atom. The van der Waals surface area contributed by atoms with Gasteiger partial charge < -0.3 is 14.4 Å². The van der Waals surface area contributed by atoms with E-state index in [9.17, 15) is 5.11 Å². The molecule has 0 spiro atoms. The molecule has 0 bridgehead atoms. The molecule has 92 valence electrons. The highest BCUT2D eigenvalue weighted by atomic mass is 16.3. The van der Waals surface area contributed by atoms with Crippen LogP contribution in [0.2, 0.25) is 0 Å². The van der Waals surface area contributed by atoms with E-state index < -0.39 is 0 Å².